The van der Waals surface area contributed by atoms with Crippen molar-refractivity contribution >= 4 is 29.3 Å². The maximum absolute atomic E-state index is 8.42. The first-order valence-corrected chi connectivity index (χ1v) is 2.83. The fourth-order valence-electron chi connectivity index (χ4n) is 0. The molecule has 0 radical (unpaired) electrons. The van der Waals surface area contributed by atoms with Crippen LogP contribution in [0.3, 0.4) is 0 Å². The van der Waals surface area contributed by atoms with Gasteiger partial charge in [-0.05, 0) is 0 Å². The van der Waals surface area contributed by atoms with Crippen LogP contribution in [0.5, 0.6) is 0 Å². The molecular weight excluding hydrogens is 1020 g/mol. The third-order valence-corrected chi connectivity index (χ3v) is 0. The molecule has 0 spiro atoms. The first-order valence-electron chi connectivity index (χ1n) is 2.83. The van der Waals surface area contributed by atoms with Crippen molar-refractivity contribution < 1.29 is 150 Å². The molecule has 0 aliphatic carbocycles. The number of rotatable bonds is 0. The standard InChI is InChI=1S/4Au.4BO3/c;;;;4*2-1(3)4/q4*+3;4*-3. The van der Waals surface area contributed by atoms with Gasteiger partial charge < -0.3 is 60.3 Å². The first-order chi connectivity index (χ1) is 6.93. The van der Waals surface area contributed by atoms with E-state index in [1.165, 1.54) is 0 Å². The van der Waals surface area contributed by atoms with E-state index in [1.54, 1.807) is 0 Å². The summed E-state index contributed by atoms with van der Waals surface area (Å²) in [6.45, 7) is 0. The van der Waals surface area contributed by atoms with E-state index in [9.17, 15) is 0 Å². The molecule has 128 valence electrons. The molecule has 0 aromatic carbocycles. The molecule has 0 saturated carbocycles. The maximum atomic E-state index is 8.42. The van der Waals surface area contributed by atoms with Crippen LogP contribution in [0.15, 0.2) is 0 Å². The van der Waals surface area contributed by atoms with E-state index in [4.69, 9.17) is 60.3 Å². The number of hydrogen-bond acceptors (Lipinski definition) is 12. The van der Waals surface area contributed by atoms with Gasteiger partial charge in [0.05, 0.1) is 0 Å². The van der Waals surface area contributed by atoms with Crippen LogP contribution in [0.25, 0.3) is 0 Å². The Hall–Kier alpha value is 2.74. The van der Waals surface area contributed by atoms with Gasteiger partial charge in [0.15, 0.2) is 0 Å². The van der Waals surface area contributed by atoms with Crippen molar-refractivity contribution in [1.82, 2.24) is 0 Å². The summed E-state index contributed by atoms with van der Waals surface area (Å²) in [6.07, 6.45) is 0. The minimum atomic E-state index is -2.92. The summed E-state index contributed by atoms with van der Waals surface area (Å²) in [7, 11) is -11.7. The van der Waals surface area contributed by atoms with Crippen LogP contribution in [-0.4, -0.2) is 29.3 Å². The molecule has 12 nitrogen and oxygen atoms in total. The quantitative estimate of drug-likeness (QED) is 0.205. The van der Waals surface area contributed by atoms with Crippen LogP contribution < -0.4 is 60.3 Å². The Kier molecular flexibility index (Phi) is 106. The van der Waals surface area contributed by atoms with Gasteiger partial charge in [-0.15, -0.1) is 0 Å². The van der Waals surface area contributed by atoms with Gasteiger partial charge in [-0.25, -0.2) is 0 Å². The van der Waals surface area contributed by atoms with Crippen molar-refractivity contribution in [2.45, 2.75) is 0 Å². The zero-order chi connectivity index (χ0) is 14.3. The van der Waals surface area contributed by atoms with Gasteiger partial charge in [-0.2, -0.15) is 0 Å². The summed E-state index contributed by atoms with van der Waals surface area (Å²) in [5.74, 6) is 0. The Labute approximate surface area is 177 Å². The van der Waals surface area contributed by atoms with Gasteiger partial charge in [-0.3, -0.25) is 29.3 Å². The van der Waals surface area contributed by atoms with Crippen LogP contribution in [0.1, 0.15) is 0 Å². The normalized spacial score (nSPS) is 5.40. The monoisotopic (exact) mass is 1020 g/mol. The van der Waals surface area contributed by atoms with Gasteiger partial charge in [0.25, 0.3) is 0 Å². The molecule has 0 aromatic heterocycles. The summed E-state index contributed by atoms with van der Waals surface area (Å²) in [6, 6.07) is 0. The van der Waals surface area contributed by atoms with Gasteiger partial charge in [0, 0.05) is 0 Å². The van der Waals surface area contributed by atoms with E-state index in [1.807, 2.05) is 0 Å². The molecule has 0 saturated heterocycles. The maximum Gasteiger partial charge on any atom is 3.00 e. The molecule has 20 heavy (non-hydrogen) atoms. The van der Waals surface area contributed by atoms with Crippen molar-refractivity contribution in [3.8, 4) is 0 Å². The van der Waals surface area contributed by atoms with E-state index in [0.717, 1.165) is 0 Å². The Bertz CT molecular complexity index is 70.4. The minimum Gasteiger partial charge on any atom is -0.907 e. The molecule has 0 fully saturated rings. The zero-order valence-electron chi connectivity index (χ0n) is 8.41. The fourth-order valence-corrected chi connectivity index (χ4v) is 0. The molecule has 0 aromatic rings. The smallest absolute Gasteiger partial charge is 0.907 e. The molecule has 0 unspecified atom stereocenters. The average molecular weight is 1020 g/mol. The van der Waals surface area contributed by atoms with Crippen molar-refractivity contribution in [2.75, 3.05) is 0 Å². The van der Waals surface area contributed by atoms with Gasteiger partial charge in [-0.1, -0.05) is 0 Å². The third kappa shape index (κ3) is 1080. The van der Waals surface area contributed by atoms with Crippen LogP contribution in [0, 0.1) is 0 Å². The fraction of sp³-hybridized carbons (Fsp3) is 0. The van der Waals surface area contributed by atoms with Crippen LogP contribution >= 0.6 is 0 Å². The SMILES string of the molecule is [Au+3].[Au+3].[Au+3].[Au+3].[O-]B([O-])[O-].[O-]B([O-])[O-].[O-]B([O-])[O-].[O-]B([O-])[O-]. The number of hydrogen-bond donors (Lipinski definition) is 0. The van der Waals surface area contributed by atoms with Crippen molar-refractivity contribution in [3.63, 3.8) is 0 Å². The average Bonchev–Trinajstić information content (AvgIpc) is 1.76. The molecule has 0 aliphatic heterocycles. The van der Waals surface area contributed by atoms with Crippen LogP contribution in [-0.2, 0) is 89.5 Å². The molecule has 0 N–H and O–H groups in total. The predicted molar refractivity (Wildman–Crippen MR) is 23.0 cm³/mol. The molecule has 0 amide bonds. The van der Waals surface area contributed by atoms with Crippen molar-refractivity contribution in [1.29, 1.82) is 0 Å². The van der Waals surface area contributed by atoms with Crippen LogP contribution in [0.2, 0.25) is 0 Å². The Morgan fingerprint density at radius 3 is 0.250 bits per heavy atom. The van der Waals surface area contributed by atoms with Gasteiger partial charge >= 0.3 is 89.5 Å². The Morgan fingerprint density at radius 1 is 0.250 bits per heavy atom. The van der Waals surface area contributed by atoms with E-state index < -0.39 is 29.3 Å². The molecule has 20 heteroatoms. The van der Waals surface area contributed by atoms with E-state index in [2.05, 4.69) is 0 Å². The molecular formula is Au4B4O12. The molecule has 0 bridgehead atoms. The largest absolute Gasteiger partial charge is 3.00 e. The molecule has 0 atom stereocenters. The molecule has 0 aliphatic rings. The summed E-state index contributed by atoms with van der Waals surface area (Å²) >= 11 is 0. The molecule has 0 rings (SSSR count). The Morgan fingerprint density at radius 2 is 0.250 bits per heavy atom. The second-order valence-corrected chi connectivity index (χ2v) is 1.15. The first kappa shape index (κ1) is 49.5. The van der Waals surface area contributed by atoms with Gasteiger partial charge in [0.1, 0.15) is 0 Å². The Balaban J connectivity index is -0.0000000150. The zero-order valence-corrected chi connectivity index (χ0v) is 17.1. The molecule has 0 heterocycles. The van der Waals surface area contributed by atoms with Gasteiger partial charge in [0.2, 0.25) is 0 Å². The summed E-state index contributed by atoms with van der Waals surface area (Å²) in [5, 5.41) is 101. The minimum absolute atomic E-state index is 0. The predicted octanol–water partition coefficient (Wildman–Crippen LogP) is -15.8. The second-order valence-electron chi connectivity index (χ2n) is 1.15. The van der Waals surface area contributed by atoms with E-state index in [-0.39, 0.29) is 89.5 Å². The summed E-state index contributed by atoms with van der Waals surface area (Å²) in [4.78, 5) is 0. The second kappa shape index (κ2) is 43.0. The van der Waals surface area contributed by atoms with Crippen molar-refractivity contribution in [2.24, 2.45) is 0 Å². The summed E-state index contributed by atoms with van der Waals surface area (Å²) < 4.78 is 0. The summed E-state index contributed by atoms with van der Waals surface area (Å²) in [5.41, 5.74) is 0. The van der Waals surface area contributed by atoms with E-state index in [0.29, 0.717) is 0 Å². The van der Waals surface area contributed by atoms with Crippen LogP contribution in [0.4, 0.5) is 0 Å². The topological polar surface area (TPSA) is 277 Å². The third-order valence-electron chi connectivity index (χ3n) is 0. The van der Waals surface area contributed by atoms with E-state index >= 15 is 0 Å². The van der Waals surface area contributed by atoms with Crippen molar-refractivity contribution in [3.05, 3.63) is 0 Å².